The van der Waals surface area contributed by atoms with Crippen LogP contribution < -0.4 is 0 Å². The minimum absolute atomic E-state index is 0.0837. The van der Waals surface area contributed by atoms with Crippen LogP contribution in [-0.2, 0) is 0 Å². The Morgan fingerprint density at radius 1 is 1.18 bits per heavy atom. The molecule has 0 aromatic heterocycles. The third kappa shape index (κ3) is 5.86. The molecule has 0 saturated carbocycles. The molecular formula is C16H27F. The van der Waals surface area contributed by atoms with Gasteiger partial charge in [-0.3, -0.25) is 0 Å². The van der Waals surface area contributed by atoms with Crippen LogP contribution in [-0.4, -0.2) is 0 Å². The number of hydrogen-bond acceptors (Lipinski definition) is 0. The van der Waals surface area contributed by atoms with Crippen molar-refractivity contribution in [3.8, 4) is 0 Å². The molecule has 98 valence electrons. The maximum Gasteiger partial charge on any atom is 0.122 e. The van der Waals surface area contributed by atoms with Crippen LogP contribution in [0.4, 0.5) is 4.39 Å². The fourth-order valence-corrected chi connectivity index (χ4v) is 1.96. The third-order valence-electron chi connectivity index (χ3n) is 3.21. The van der Waals surface area contributed by atoms with Crippen molar-refractivity contribution < 1.29 is 4.39 Å². The average molecular weight is 238 g/mol. The summed E-state index contributed by atoms with van der Waals surface area (Å²) in [5.41, 5.74) is 1.87. The smallest absolute Gasteiger partial charge is 0.122 e. The van der Waals surface area contributed by atoms with E-state index in [9.17, 15) is 4.39 Å². The Morgan fingerprint density at radius 2 is 1.71 bits per heavy atom. The molecule has 0 unspecified atom stereocenters. The van der Waals surface area contributed by atoms with E-state index in [2.05, 4.69) is 20.4 Å². The molecule has 0 amide bonds. The van der Waals surface area contributed by atoms with E-state index in [0.29, 0.717) is 5.92 Å². The third-order valence-corrected chi connectivity index (χ3v) is 3.21. The summed E-state index contributed by atoms with van der Waals surface area (Å²) in [6, 6.07) is 0. The maximum absolute atomic E-state index is 13.8. The Hall–Kier alpha value is -0.850. The molecule has 0 aliphatic heterocycles. The predicted octanol–water partition coefficient (Wildman–Crippen LogP) is 5.97. The van der Waals surface area contributed by atoms with Gasteiger partial charge in [0.25, 0.3) is 0 Å². The van der Waals surface area contributed by atoms with Gasteiger partial charge in [-0.25, -0.2) is 4.39 Å². The highest BCUT2D eigenvalue weighted by Gasteiger charge is 2.11. The van der Waals surface area contributed by atoms with Gasteiger partial charge in [0.1, 0.15) is 5.83 Å². The molecule has 0 atom stereocenters. The summed E-state index contributed by atoms with van der Waals surface area (Å²) in [6.07, 6.45) is 8.76. The van der Waals surface area contributed by atoms with Crippen LogP contribution in [0.25, 0.3) is 0 Å². The zero-order valence-electron chi connectivity index (χ0n) is 11.9. The van der Waals surface area contributed by atoms with E-state index < -0.39 is 0 Å². The molecule has 0 aliphatic rings. The van der Waals surface area contributed by atoms with Crippen molar-refractivity contribution >= 4 is 0 Å². The summed E-state index contributed by atoms with van der Waals surface area (Å²) in [5.74, 6) is 0.373. The highest BCUT2D eigenvalue weighted by atomic mass is 19.1. The van der Waals surface area contributed by atoms with E-state index in [1.165, 1.54) is 0 Å². The van der Waals surface area contributed by atoms with Crippen molar-refractivity contribution in [1.82, 2.24) is 0 Å². The van der Waals surface area contributed by atoms with Crippen molar-refractivity contribution in [2.45, 2.75) is 59.8 Å². The van der Waals surface area contributed by atoms with Crippen molar-refractivity contribution in [1.29, 1.82) is 0 Å². The molecular weight excluding hydrogens is 211 g/mol. The zero-order chi connectivity index (χ0) is 13.3. The van der Waals surface area contributed by atoms with Crippen LogP contribution in [0.15, 0.2) is 35.7 Å². The molecule has 0 rings (SSSR count). The standard InChI is InChI=1S/C16H27F/c1-6-10-15(11-7-2)14(9-4)12-16(17)13(5)8-3/h9,12,15H,4,6-8,10-11H2,1-3,5H3/b14-12+,16-13-. The molecule has 0 spiro atoms. The lowest BCUT2D eigenvalue weighted by atomic mass is 9.89. The average Bonchev–Trinajstić information content (AvgIpc) is 2.34. The molecule has 1 heteroatoms. The highest BCUT2D eigenvalue weighted by molar-refractivity contribution is 5.30. The summed E-state index contributed by atoms with van der Waals surface area (Å²) in [4.78, 5) is 0. The first kappa shape index (κ1) is 16.1. The molecule has 0 aromatic rings. The topological polar surface area (TPSA) is 0 Å². The van der Waals surface area contributed by atoms with Crippen LogP contribution in [0.1, 0.15) is 59.8 Å². The van der Waals surface area contributed by atoms with Gasteiger partial charge in [0.05, 0.1) is 0 Å². The van der Waals surface area contributed by atoms with E-state index in [1.807, 2.05) is 19.9 Å². The van der Waals surface area contributed by atoms with Gasteiger partial charge >= 0.3 is 0 Å². The second-order valence-corrected chi connectivity index (χ2v) is 4.60. The number of allylic oxidation sites excluding steroid dienone is 5. The van der Waals surface area contributed by atoms with E-state index in [1.54, 1.807) is 6.08 Å². The van der Waals surface area contributed by atoms with Gasteiger partial charge in [-0.1, -0.05) is 46.3 Å². The Balaban J connectivity index is 5.00. The van der Waals surface area contributed by atoms with E-state index in [-0.39, 0.29) is 5.83 Å². The normalized spacial score (nSPS) is 13.9. The number of rotatable bonds is 8. The molecule has 0 heterocycles. The largest absolute Gasteiger partial charge is 0.207 e. The Kier molecular flexibility index (Phi) is 8.75. The molecule has 0 aromatic carbocycles. The van der Waals surface area contributed by atoms with Crippen LogP contribution in [0.3, 0.4) is 0 Å². The van der Waals surface area contributed by atoms with E-state index in [4.69, 9.17) is 0 Å². The Labute approximate surface area is 106 Å². The van der Waals surface area contributed by atoms with Gasteiger partial charge in [0.15, 0.2) is 0 Å². The minimum Gasteiger partial charge on any atom is -0.207 e. The molecule has 17 heavy (non-hydrogen) atoms. The van der Waals surface area contributed by atoms with Crippen LogP contribution in [0, 0.1) is 5.92 Å². The number of halogens is 1. The SMILES string of the molecule is C=C/C(=C\C(F)=C(/C)CC)C(CCC)CCC. The Bertz CT molecular complexity index is 278. The van der Waals surface area contributed by atoms with E-state index >= 15 is 0 Å². The summed E-state index contributed by atoms with van der Waals surface area (Å²) in [6.45, 7) is 12.0. The van der Waals surface area contributed by atoms with Crippen molar-refractivity contribution in [3.63, 3.8) is 0 Å². The lowest BCUT2D eigenvalue weighted by Crippen LogP contribution is -2.02. The van der Waals surface area contributed by atoms with Gasteiger partial charge in [-0.15, -0.1) is 0 Å². The fraction of sp³-hybridized carbons (Fsp3) is 0.625. The van der Waals surface area contributed by atoms with E-state index in [0.717, 1.165) is 43.3 Å². The second kappa shape index (κ2) is 9.21. The minimum atomic E-state index is -0.0837. The molecule has 0 radical (unpaired) electrons. The molecule has 0 saturated heterocycles. The first-order valence-electron chi connectivity index (χ1n) is 6.79. The second-order valence-electron chi connectivity index (χ2n) is 4.60. The van der Waals surface area contributed by atoms with Crippen molar-refractivity contribution in [2.75, 3.05) is 0 Å². The molecule has 0 bridgehead atoms. The summed E-state index contributed by atoms with van der Waals surface area (Å²) >= 11 is 0. The quantitative estimate of drug-likeness (QED) is 0.457. The first-order valence-corrected chi connectivity index (χ1v) is 6.79. The first-order chi connectivity index (χ1) is 8.10. The summed E-state index contributed by atoms with van der Waals surface area (Å²) in [5, 5.41) is 0. The molecule has 0 N–H and O–H groups in total. The lowest BCUT2D eigenvalue weighted by molar-refractivity contribution is 0.509. The zero-order valence-corrected chi connectivity index (χ0v) is 11.9. The highest BCUT2D eigenvalue weighted by Crippen LogP contribution is 2.26. The number of hydrogen-bond donors (Lipinski definition) is 0. The van der Waals surface area contributed by atoms with Crippen LogP contribution >= 0.6 is 0 Å². The fourth-order valence-electron chi connectivity index (χ4n) is 1.96. The predicted molar refractivity (Wildman–Crippen MR) is 75.7 cm³/mol. The summed E-state index contributed by atoms with van der Waals surface area (Å²) in [7, 11) is 0. The van der Waals surface area contributed by atoms with Gasteiger partial charge in [-0.05, 0) is 49.3 Å². The molecule has 0 aliphatic carbocycles. The van der Waals surface area contributed by atoms with Gasteiger partial charge in [0, 0.05) is 0 Å². The summed E-state index contributed by atoms with van der Waals surface area (Å²) < 4.78 is 13.8. The van der Waals surface area contributed by atoms with Crippen molar-refractivity contribution in [3.05, 3.63) is 35.7 Å². The van der Waals surface area contributed by atoms with Crippen LogP contribution in [0.5, 0.6) is 0 Å². The lowest BCUT2D eigenvalue weighted by Gasteiger charge is -2.16. The van der Waals surface area contributed by atoms with Gasteiger partial charge < -0.3 is 0 Å². The van der Waals surface area contributed by atoms with Gasteiger partial charge in [-0.2, -0.15) is 0 Å². The van der Waals surface area contributed by atoms with Gasteiger partial charge in [0.2, 0.25) is 0 Å². The molecule has 0 nitrogen and oxygen atoms in total. The maximum atomic E-state index is 13.8. The monoisotopic (exact) mass is 238 g/mol. The molecule has 0 fully saturated rings. The Morgan fingerprint density at radius 3 is 2.06 bits per heavy atom. The van der Waals surface area contributed by atoms with Crippen molar-refractivity contribution in [2.24, 2.45) is 5.92 Å². The van der Waals surface area contributed by atoms with Crippen LogP contribution in [0.2, 0.25) is 0 Å².